The van der Waals surface area contributed by atoms with Gasteiger partial charge in [0.05, 0.1) is 11.1 Å². The van der Waals surface area contributed by atoms with Crippen LogP contribution in [0.5, 0.6) is 0 Å². The highest BCUT2D eigenvalue weighted by Gasteiger charge is 2.31. The highest BCUT2D eigenvalue weighted by atomic mass is 32.1. The van der Waals surface area contributed by atoms with E-state index in [1.807, 2.05) is 18.2 Å². The van der Waals surface area contributed by atoms with E-state index in [9.17, 15) is 9.59 Å². The Morgan fingerprint density at radius 3 is 3.00 bits per heavy atom. The van der Waals surface area contributed by atoms with Gasteiger partial charge in [-0.15, -0.1) is 11.3 Å². The molecule has 1 atom stereocenters. The van der Waals surface area contributed by atoms with Crippen LogP contribution in [0.2, 0.25) is 0 Å². The Morgan fingerprint density at radius 1 is 1.38 bits per heavy atom. The van der Waals surface area contributed by atoms with Crippen molar-refractivity contribution < 1.29 is 14.3 Å². The number of esters is 1. The van der Waals surface area contributed by atoms with Crippen molar-refractivity contribution in [3.8, 4) is 6.07 Å². The average molecular weight is 298 g/mol. The third kappa shape index (κ3) is 2.51. The minimum Gasteiger partial charge on any atom is -0.448 e. The molecule has 2 heterocycles. The van der Waals surface area contributed by atoms with Gasteiger partial charge in [-0.2, -0.15) is 5.26 Å². The van der Waals surface area contributed by atoms with Gasteiger partial charge < -0.3 is 10.1 Å². The molecule has 0 fully saturated rings. The quantitative estimate of drug-likeness (QED) is 0.863. The number of hydrogen-bond donors (Lipinski definition) is 1. The number of amides is 1. The number of fused-ring (bicyclic) bond motifs is 1. The third-order valence-electron chi connectivity index (χ3n) is 3.21. The van der Waals surface area contributed by atoms with Crippen LogP contribution in [0.25, 0.3) is 0 Å². The summed E-state index contributed by atoms with van der Waals surface area (Å²) in [6, 6.07) is 10.7. The molecule has 1 aromatic carbocycles. The zero-order chi connectivity index (χ0) is 14.8. The number of carbonyl (C=O) groups excluding carboxylic acids is 2. The topological polar surface area (TPSA) is 79.2 Å². The summed E-state index contributed by atoms with van der Waals surface area (Å²) in [6.45, 7) is 0. The Hall–Kier alpha value is -2.65. The van der Waals surface area contributed by atoms with Crippen LogP contribution in [0.3, 0.4) is 0 Å². The molecule has 0 aliphatic carbocycles. The molecule has 1 amide bonds. The van der Waals surface area contributed by atoms with E-state index in [2.05, 4.69) is 5.32 Å². The molecule has 0 bridgehead atoms. The number of anilines is 1. The number of hydrogen-bond acceptors (Lipinski definition) is 5. The minimum absolute atomic E-state index is 0.334. The van der Waals surface area contributed by atoms with Crippen molar-refractivity contribution >= 4 is 28.2 Å². The van der Waals surface area contributed by atoms with E-state index in [4.69, 9.17) is 10.00 Å². The second-order valence-corrected chi connectivity index (χ2v) is 5.44. The van der Waals surface area contributed by atoms with Gasteiger partial charge in [-0.25, -0.2) is 4.79 Å². The first-order chi connectivity index (χ1) is 10.2. The SMILES string of the molecule is N#Cc1ccsc1NC(=O)[C@@H]1Cc2ccccc2C(=O)O1. The summed E-state index contributed by atoms with van der Waals surface area (Å²) in [7, 11) is 0. The predicted molar refractivity (Wildman–Crippen MR) is 77.0 cm³/mol. The van der Waals surface area contributed by atoms with Gasteiger partial charge in [0.25, 0.3) is 5.91 Å². The molecule has 3 rings (SSSR count). The Labute approximate surface area is 124 Å². The molecule has 21 heavy (non-hydrogen) atoms. The minimum atomic E-state index is -0.874. The van der Waals surface area contributed by atoms with Crippen molar-refractivity contribution in [2.75, 3.05) is 5.32 Å². The lowest BCUT2D eigenvalue weighted by Crippen LogP contribution is -2.37. The van der Waals surface area contributed by atoms with Crippen molar-refractivity contribution in [3.05, 3.63) is 52.4 Å². The van der Waals surface area contributed by atoms with Gasteiger partial charge in [-0.3, -0.25) is 4.79 Å². The number of ether oxygens (including phenoxy) is 1. The Morgan fingerprint density at radius 2 is 2.19 bits per heavy atom. The Kier molecular flexibility index (Phi) is 3.42. The molecular formula is C15H10N2O3S. The lowest BCUT2D eigenvalue weighted by atomic mass is 9.98. The van der Waals surface area contributed by atoms with Crippen molar-refractivity contribution in [1.29, 1.82) is 5.26 Å². The fourth-order valence-electron chi connectivity index (χ4n) is 2.16. The molecule has 1 aliphatic heterocycles. The van der Waals surface area contributed by atoms with E-state index >= 15 is 0 Å². The van der Waals surface area contributed by atoms with Crippen molar-refractivity contribution in [2.24, 2.45) is 0 Å². The molecule has 1 aromatic heterocycles. The summed E-state index contributed by atoms with van der Waals surface area (Å²) in [6.07, 6.45) is -0.540. The van der Waals surface area contributed by atoms with Crippen molar-refractivity contribution in [2.45, 2.75) is 12.5 Å². The van der Waals surface area contributed by atoms with Crippen LogP contribution in [0.1, 0.15) is 21.5 Å². The summed E-state index contributed by atoms with van der Waals surface area (Å²) >= 11 is 1.26. The van der Waals surface area contributed by atoms with E-state index in [0.717, 1.165) is 5.56 Å². The maximum absolute atomic E-state index is 12.2. The Balaban J connectivity index is 1.79. The largest absolute Gasteiger partial charge is 0.448 e. The normalized spacial score (nSPS) is 16.5. The lowest BCUT2D eigenvalue weighted by molar-refractivity contribution is -0.125. The molecule has 0 saturated heterocycles. The van der Waals surface area contributed by atoms with E-state index in [1.165, 1.54) is 11.3 Å². The van der Waals surface area contributed by atoms with E-state index in [1.54, 1.807) is 23.6 Å². The first kappa shape index (κ1) is 13.3. The molecule has 5 nitrogen and oxygen atoms in total. The second-order valence-electron chi connectivity index (χ2n) is 4.52. The summed E-state index contributed by atoms with van der Waals surface area (Å²) in [5.41, 5.74) is 1.69. The van der Waals surface area contributed by atoms with Crippen molar-refractivity contribution in [1.82, 2.24) is 0 Å². The molecule has 104 valence electrons. The standard InChI is InChI=1S/C15H10N2O3S/c16-8-10-5-6-21-14(10)17-13(18)12-7-9-3-1-2-4-11(9)15(19)20-12/h1-6,12H,7H2,(H,17,18)/t12-/m0/s1. The van der Waals surface area contributed by atoms with Crippen LogP contribution < -0.4 is 5.32 Å². The van der Waals surface area contributed by atoms with Crippen LogP contribution in [0.4, 0.5) is 5.00 Å². The molecule has 0 radical (unpaired) electrons. The fourth-order valence-corrected chi connectivity index (χ4v) is 2.90. The summed E-state index contributed by atoms with van der Waals surface area (Å²) in [5, 5.41) is 13.8. The number of cyclic esters (lactones) is 1. The summed E-state index contributed by atoms with van der Waals surface area (Å²) < 4.78 is 5.17. The smallest absolute Gasteiger partial charge is 0.339 e. The fraction of sp³-hybridized carbons (Fsp3) is 0.133. The molecule has 6 heteroatoms. The number of rotatable bonds is 2. The zero-order valence-electron chi connectivity index (χ0n) is 10.8. The number of benzene rings is 1. The van der Waals surface area contributed by atoms with Gasteiger partial charge in [-0.1, -0.05) is 18.2 Å². The van der Waals surface area contributed by atoms with Crippen LogP contribution in [0.15, 0.2) is 35.7 Å². The third-order valence-corrected chi connectivity index (χ3v) is 4.04. The number of nitriles is 1. The maximum Gasteiger partial charge on any atom is 0.339 e. The highest BCUT2D eigenvalue weighted by molar-refractivity contribution is 7.14. The van der Waals surface area contributed by atoms with Gasteiger partial charge in [0, 0.05) is 6.42 Å². The van der Waals surface area contributed by atoms with Crippen LogP contribution in [0, 0.1) is 11.3 Å². The molecule has 0 saturated carbocycles. The maximum atomic E-state index is 12.2. The monoisotopic (exact) mass is 298 g/mol. The molecule has 0 unspecified atom stereocenters. The van der Waals surface area contributed by atoms with Crippen LogP contribution >= 0.6 is 11.3 Å². The number of carbonyl (C=O) groups is 2. The van der Waals surface area contributed by atoms with Gasteiger partial charge in [0.2, 0.25) is 0 Å². The first-order valence-electron chi connectivity index (χ1n) is 6.26. The second kappa shape index (κ2) is 5.38. The summed E-state index contributed by atoms with van der Waals surface area (Å²) in [4.78, 5) is 24.1. The molecular weight excluding hydrogens is 288 g/mol. The lowest BCUT2D eigenvalue weighted by Gasteiger charge is -2.23. The Bertz CT molecular complexity index is 760. The molecule has 2 aromatic rings. The van der Waals surface area contributed by atoms with Gasteiger partial charge >= 0.3 is 5.97 Å². The van der Waals surface area contributed by atoms with Gasteiger partial charge in [0.15, 0.2) is 6.10 Å². The zero-order valence-corrected chi connectivity index (χ0v) is 11.6. The van der Waals surface area contributed by atoms with E-state index in [0.29, 0.717) is 22.5 Å². The van der Waals surface area contributed by atoms with Crippen LogP contribution in [-0.2, 0) is 16.0 Å². The average Bonchev–Trinajstić information content (AvgIpc) is 2.94. The van der Waals surface area contributed by atoms with Gasteiger partial charge in [-0.05, 0) is 23.1 Å². The van der Waals surface area contributed by atoms with Crippen molar-refractivity contribution in [3.63, 3.8) is 0 Å². The number of nitrogens with one attached hydrogen (secondary N) is 1. The predicted octanol–water partition coefficient (Wildman–Crippen LogP) is 2.34. The van der Waals surface area contributed by atoms with E-state index in [-0.39, 0.29) is 0 Å². The summed E-state index contributed by atoms with van der Waals surface area (Å²) in [5.74, 6) is -0.916. The molecule has 0 spiro atoms. The molecule has 1 N–H and O–H groups in total. The van der Waals surface area contributed by atoms with E-state index < -0.39 is 18.0 Å². The number of thiophene rings is 1. The highest BCUT2D eigenvalue weighted by Crippen LogP contribution is 2.25. The first-order valence-corrected chi connectivity index (χ1v) is 7.14. The number of nitrogens with zero attached hydrogens (tertiary/aromatic N) is 1. The van der Waals surface area contributed by atoms with Crippen LogP contribution in [-0.4, -0.2) is 18.0 Å². The van der Waals surface area contributed by atoms with Gasteiger partial charge in [0.1, 0.15) is 11.1 Å². The molecule has 1 aliphatic rings.